The summed E-state index contributed by atoms with van der Waals surface area (Å²) in [5.74, 6) is 1.05. The van der Waals surface area contributed by atoms with Crippen molar-refractivity contribution in [2.45, 2.75) is 63.8 Å². The number of nitrogens with zero attached hydrogens (tertiary/aromatic N) is 1. The first-order chi connectivity index (χ1) is 8.34. The van der Waals surface area contributed by atoms with Crippen molar-refractivity contribution in [2.24, 2.45) is 5.92 Å². The molecule has 1 aliphatic heterocycles. The summed E-state index contributed by atoms with van der Waals surface area (Å²) in [7, 11) is 2.30. The lowest BCUT2D eigenvalue weighted by molar-refractivity contribution is 0.269. The van der Waals surface area contributed by atoms with E-state index in [0.29, 0.717) is 0 Å². The zero-order valence-corrected chi connectivity index (χ0v) is 11.6. The van der Waals surface area contributed by atoms with E-state index in [1.54, 1.807) is 0 Å². The Kier molecular flexibility index (Phi) is 5.79. The van der Waals surface area contributed by atoms with Gasteiger partial charge in [0.25, 0.3) is 0 Å². The van der Waals surface area contributed by atoms with Crippen molar-refractivity contribution in [3.63, 3.8) is 0 Å². The first kappa shape index (κ1) is 13.4. The Bertz CT molecular complexity index is 193. The summed E-state index contributed by atoms with van der Waals surface area (Å²) in [6.07, 6.45) is 13.0. The van der Waals surface area contributed by atoms with Gasteiger partial charge in [-0.3, -0.25) is 0 Å². The fraction of sp³-hybridized carbons (Fsp3) is 1.00. The molecule has 0 bridgehead atoms. The van der Waals surface area contributed by atoms with Gasteiger partial charge in [0.15, 0.2) is 0 Å². The van der Waals surface area contributed by atoms with Gasteiger partial charge in [0, 0.05) is 6.04 Å². The average molecular weight is 238 g/mol. The Labute approximate surface area is 107 Å². The third-order valence-corrected chi connectivity index (χ3v) is 4.67. The third kappa shape index (κ3) is 4.97. The fourth-order valence-electron chi connectivity index (χ4n) is 3.36. The van der Waals surface area contributed by atoms with Crippen molar-refractivity contribution >= 4 is 0 Å². The number of hydrogen-bond donors (Lipinski definition) is 1. The second kappa shape index (κ2) is 7.38. The van der Waals surface area contributed by atoms with E-state index in [-0.39, 0.29) is 0 Å². The summed E-state index contributed by atoms with van der Waals surface area (Å²) >= 11 is 0. The molecule has 2 fully saturated rings. The summed E-state index contributed by atoms with van der Waals surface area (Å²) in [6.45, 7) is 3.85. The minimum absolute atomic E-state index is 0.803. The van der Waals surface area contributed by atoms with Crippen LogP contribution < -0.4 is 5.32 Å². The maximum absolute atomic E-state index is 3.64. The molecule has 1 atom stereocenters. The molecule has 2 rings (SSSR count). The van der Waals surface area contributed by atoms with E-state index in [0.717, 1.165) is 12.0 Å². The van der Waals surface area contributed by atoms with E-state index in [4.69, 9.17) is 0 Å². The lowest BCUT2D eigenvalue weighted by Gasteiger charge is -2.26. The zero-order chi connectivity index (χ0) is 11.9. The molecule has 0 radical (unpaired) electrons. The Morgan fingerprint density at radius 1 is 0.941 bits per heavy atom. The molecule has 0 aromatic heterocycles. The van der Waals surface area contributed by atoms with E-state index in [2.05, 4.69) is 17.3 Å². The summed E-state index contributed by atoms with van der Waals surface area (Å²) < 4.78 is 0. The molecule has 2 aliphatic rings. The van der Waals surface area contributed by atoms with Crippen LogP contribution in [-0.4, -0.2) is 37.6 Å². The highest BCUT2D eigenvalue weighted by Crippen LogP contribution is 2.27. The molecule has 2 heteroatoms. The quantitative estimate of drug-likeness (QED) is 0.765. The van der Waals surface area contributed by atoms with Crippen molar-refractivity contribution in [3.8, 4) is 0 Å². The molecular formula is C15H30N2. The lowest BCUT2D eigenvalue weighted by atomic mass is 10.0. The highest BCUT2D eigenvalue weighted by Gasteiger charge is 2.16. The van der Waals surface area contributed by atoms with Gasteiger partial charge in [-0.15, -0.1) is 0 Å². The molecule has 0 aromatic carbocycles. The molecule has 1 saturated carbocycles. The van der Waals surface area contributed by atoms with E-state index >= 15 is 0 Å². The van der Waals surface area contributed by atoms with Crippen molar-refractivity contribution in [1.82, 2.24) is 10.2 Å². The van der Waals surface area contributed by atoms with Gasteiger partial charge in [-0.1, -0.05) is 32.1 Å². The molecule has 17 heavy (non-hydrogen) atoms. The average Bonchev–Trinajstić information content (AvgIpc) is 2.88. The highest BCUT2D eigenvalue weighted by atomic mass is 15.1. The van der Waals surface area contributed by atoms with Gasteiger partial charge in [-0.05, 0) is 58.3 Å². The van der Waals surface area contributed by atoms with Crippen molar-refractivity contribution in [3.05, 3.63) is 0 Å². The van der Waals surface area contributed by atoms with E-state index in [1.807, 2.05) is 0 Å². The van der Waals surface area contributed by atoms with Crippen LogP contribution in [-0.2, 0) is 0 Å². The van der Waals surface area contributed by atoms with Crippen molar-refractivity contribution < 1.29 is 0 Å². The summed E-state index contributed by atoms with van der Waals surface area (Å²) in [5, 5.41) is 3.64. The monoisotopic (exact) mass is 238 g/mol. The van der Waals surface area contributed by atoms with Crippen LogP contribution in [0.5, 0.6) is 0 Å². The Morgan fingerprint density at radius 3 is 2.35 bits per heavy atom. The summed E-state index contributed by atoms with van der Waals surface area (Å²) in [6, 6.07) is 0.803. The first-order valence-corrected chi connectivity index (χ1v) is 7.76. The number of hydrogen-bond acceptors (Lipinski definition) is 2. The van der Waals surface area contributed by atoms with E-state index < -0.39 is 0 Å². The van der Waals surface area contributed by atoms with Crippen molar-refractivity contribution in [2.75, 3.05) is 26.7 Å². The second-order valence-electron chi connectivity index (χ2n) is 6.18. The third-order valence-electron chi connectivity index (χ3n) is 4.67. The molecule has 1 N–H and O–H groups in total. The zero-order valence-electron chi connectivity index (χ0n) is 11.6. The predicted octanol–water partition coefficient (Wildman–Crippen LogP) is 3.03. The predicted molar refractivity (Wildman–Crippen MR) is 74.3 cm³/mol. The van der Waals surface area contributed by atoms with Crippen LogP contribution >= 0.6 is 0 Å². The molecule has 1 saturated heterocycles. The Hall–Kier alpha value is -0.0800. The van der Waals surface area contributed by atoms with Gasteiger partial charge < -0.3 is 10.2 Å². The summed E-state index contributed by atoms with van der Waals surface area (Å²) in [4.78, 5) is 2.55. The number of rotatable bonds is 6. The van der Waals surface area contributed by atoms with Gasteiger partial charge in [0.2, 0.25) is 0 Å². The van der Waals surface area contributed by atoms with Crippen LogP contribution in [0.25, 0.3) is 0 Å². The molecule has 0 aromatic rings. The first-order valence-electron chi connectivity index (χ1n) is 7.76. The summed E-state index contributed by atoms with van der Waals surface area (Å²) in [5.41, 5.74) is 0. The Balaban J connectivity index is 1.52. The van der Waals surface area contributed by atoms with Crippen LogP contribution in [0.15, 0.2) is 0 Å². The van der Waals surface area contributed by atoms with E-state index in [9.17, 15) is 0 Å². The molecule has 0 amide bonds. The van der Waals surface area contributed by atoms with Crippen LogP contribution in [0.4, 0.5) is 0 Å². The van der Waals surface area contributed by atoms with Crippen molar-refractivity contribution in [1.29, 1.82) is 0 Å². The van der Waals surface area contributed by atoms with Gasteiger partial charge in [0.05, 0.1) is 0 Å². The number of piperidine rings is 1. The molecule has 1 heterocycles. The smallest absolute Gasteiger partial charge is 0.00792 e. The van der Waals surface area contributed by atoms with E-state index in [1.165, 1.54) is 77.4 Å². The molecule has 1 unspecified atom stereocenters. The molecule has 100 valence electrons. The SMILES string of the molecule is CN(CCC1CCCC1)CCC1CCCCN1. The molecular weight excluding hydrogens is 208 g/mol. The standard InChI is InChI=1S/C15H30N2/c1-17(12-9-14-6-2-3-7-14)13-10-15-8-4-5-11-16-15/h14-16H,2-13H2,1H3. The van der Waals surface area contributed by atoms with Crippen LogP contribution in [0.3, 0.4) is 0 Å². The topological polar surface area (TPSA) is 15.3 Å². The van der Waals surface area contributed by atoms with Crippen LogP contribution in [0.2, 0.25) is 0 Å². The van der Waals surface area contributed by atoms with Crippen LogP contribution in [0.1, 0.15) is 57.8 Å². The molecule has 2 nitrogen and oxygen atoms in total. The van der Waals surface area contributed by atoms with Gasteiger partial charge >= 0.3 is 0 Å². The second-order valence-corrected chi connectivity index (χ2v) is 6.18. The molecule has 0 spiro atoms. The van der Waals surface area contributed by atoms with Crippen LogP contribution in [0, 0.1) is 5.92 Å². The van der Waals surface area contributed by atoms with Gasteiger partial charge in [-0.2, -0.15) is 0 Å². The maximum atomic E-state index is 3.64. The molecule has 1 aliphatic carbocycles. The number of nitrogens with one attached hydrogen (secondary N) is 1. The fourth-order valence-corrected chi connectivity index (χ4v) is 3.36. The largest absolute Gasteiger partial charge is 0.314 e. The Morgan fingerprint density at radius 2 is 1.65 bits per heavy atom. The van der Waals surface area contributed by atoms with Gasteiger partial charge in [-0.25, -0.2) is 0 Å². The maximum Gasteiger partial charge on any atom is 0.00792 e. The normalized spacial score (nSPS) is 26.8. The lowest BCUT2D eigenvalue weighted by Crippen LogP contribution is -2.37. The van der Waals surface area contributed by atoms with Gasteiger partial charge in [0.1, 0.15) is 0 Å². The minimum atomic E-state index is 0.803. The highest BCUT2D eigenvalue weighted by molar-refractivity contribution is 4.74. The minimum Gasteiger partial charge on any atom is -0.314 e.